The summed E-state index contributed by atoms with van der Waals surface area (Å²) in [6.07, 6.45) is 20.8. The van der Waals surface area contributed by atoms with Crippen LogP contribution in [-0.4, -0.2) is 11.1 Å². The van der Waals surface area contributed by atoms with E-state index in [4.69, 9.17) is 5.11 Å². The van der Waals surface area contributed by atoms with Gasteiger partial charge in [0.15, 0.2) is 0 Å². The third-order valence-electron chi connectivity index (χ3n) is 3.83. The van der Waals surface area contributed by atoms with Crippen molar-refractivity contribution in [3.63, 3.8) is 0 Å². The number of carboxylic acid groups (broad SMARTS) is 1. The third-order valence-corrected chi connectivity index (χ3v) is 3.83. The molecule has 0 aliphatic rings. The van der Waals surface area contributed by atoms with E-state index < -0.39 is 5.97 Å². The van der Waals surface area contributed by atoms with Crippen LogP contribution in [0, 0.1) is 42.0 Å². The predicted octanol–water partition coefficient (Wildman–Crippen LogP) is 6.15. The van der Waals surface area contributed by atoms with Gasteiger partial charge in [-0.25, -0.2) is 0 Å². The van der Waals surface area contributed by atoms with E-state index in [2.05, 4.69) is 6.92 Å². The monoisotopic (exact) mass is 422 g/mol. The first kappa shape index (κ1) is 23.9. The van der Waals surface area contributed by atoms with Crippen LogP contribution < -0.4 is 0 Å². The van der Waals surface area contributed by atoms with Crippen molar-refractivity contribution in [1.82, 2.24) is 0 Å². The Hall–Kier alpha value is 0.665. The molecule has 123 valence electrons. The van der Waals surface area contributed by atoms with Crippen LogP contribution in [0.5, 0.6) is 0 Å². The van der Waals surface area contributed by atoms with Gasteiger partial charge in [0.05, 0.1) is 0 Å². The van der Waals surface area contributed by atoms with Crippen molar-refractivity contribution in [1.29, 1.82) is 0 Å². The summed E-state index contributed by atoms with van der Waals surface area (Å²) in [6, 6.07) is 0. The molecular weight excluding hydrogens is 387 g/mol. The molecule has 0 atom stereocenters. The summed E-state index contributed by atoms with van der Waals surface area (Å²) in [5.41, 5.74) is 0. The Labute approximate surface area is 160 Å². The van der Waals surface area contributed by atoms with Gasteiger partial charge in [-0.15, -0.1) is 0 Å². The normalized spacial score (nSPS) is 10.3. The quantitative estimate of drug-likeness (QED) is 0.239. The molecule has 0 amide bonds. The van der Waals surface area contributed by atoms with Gasteiger partial charge in [-0.1, -0.05) is 96.8 Å². The summed E-state index contributed by atoms with van der Waals surface area (Å²) in [4.78, 5) is 10.3. The van der Waals surface area contributed by atoms with Crippen LogP contribution in [0.2, 0.25) is 0 Å². The van der Waals surface area contributed by atoms with Crippen LogP contribution in [0.1, 0.15) is 103 Å². The number of hydrogen-bond acceptors (Lipinski definition) is 1. The summed E-state index contributed by atoms with van der Waals surface area (Å²) in [5.74, 6) is -0.709. The molecule has 0 rings (SSSR count). The van der Waals surface area contributed by atoms with E-state index in [-0.39, 0.29) is 42.0 Å². The van der Waals surface area contributed by atoms with E-state index in [1.807, 2.05) is 6.42 Å². The summed E-state index contributed by atoms with van der Waals surface area (Å²) in [6.45, 7) is 2.27. The Morgan fingerprint density at radius 1 is 0.762 bits per heavy atom. The molecule has 0 aromatic carbocycles. The molecule has 1 radical (unpaired) electrons. The molecule has 0 saturated heterocycles. The fourth-order valence-electron chi connectivity index (χ4n) is 2.53. The Morgan fingerprint density at radius 2 is 1.14 bits per heavy atom. The number of unbranched alkanes of at least 4 members (excludes halogenated alkanes) is 14. The summed E-state index contributed by atoms with van der Waals surface area (Å²) in [7, 11) is 0. The fraction of sp³-hybridized carbons (Fsp3) is 0.889. The van der Waals surface area contributed by atoms with Gasteiger partial charge in [0.25, 0.3) is 5.97 Å². The number of carboxylic acids is 1. The molecule has 3 heteroatoms. The Balaban J connectivity index is 0. The van der Waals surface area contributed by atoms with Crippen molar-refractivity contribution in [2.75, 3.05) is 0 Å². The molecular formula is C18H35LaO2-. The van der Waals surface area contributed by atoms with Crippen LogP contribution in [0.15, 0.2) is 0 Å². The van der Waals surface area contributed by atoms with E-state index in [0.29, 0.717) is 0 Å². The molecule has 0 fully saturated rings. The van der Waals surface area contributed by atoms with E-state index in [0.717, 1.165) is 12.8 Å². The third kappa shape index (κ3) is 23.1. The van der Waals surface area contributed by atoms with Gasteiger partial charge in [-0.2, -0.15) is 6.42 Å². The summed E-state index contributed by atoms with van der Waals surface area (Å²) in [5, 5.41) is 8.49. The zero-order valence-corrected chi connectivity index (χ0v) is 17.7. The van der Waals surface area contributed by atoms with Gasteiger partial charge in [0.1, 0.15) is 0 Å². The first-order valence-corrected chi connectivity index (χ1v) is 8.80. The first-order chi connectivity index (χ1) is 9.77. The maximum Gasteiger partial charge on any atom is 0.273 e. The smallest absolute Gasteiger partial charge is 0.273 e. The molecule has 0 aliphatic heterocycles. The second-order valence-corrected chi connectivity index (χ2v) is 5.92. The molecule has 0 saturated carbocycles. The fourth-order valence-corrected chi connectivity index (χ4v) is 2.53. The second-order valence-electron chi connectivity index (χ2n) is 5.92. The maximum atomic E-state index is 10.3. The van der Waals surface area contributed by atoms with Crippen molar-refractivity contribution >= 4 is 5.97 Å². The van der Waals surface area contributed by atoms with Crippen LogP contribution in [0.4, 0.5) is 0 Å². The van der Waals surface area contributed by atoms with Crippen LogP contribution in [0.3, 0.4) is 0 Å². The molecule has 0 aromatic rings. The summed E-state index contributed by atoms with van der Waals surface area (Å²) < 4.78 is 0. The van der Waals surface area contributed by atoms with Crippen molar-refractivity contribution in [2.24, 2.45) is 0 Å². The number of hydrogen-bond donors (Lipinski definition) is 1. The molecule has 2 nitrogen and oxygen atoms in total. The summed E-state index contributed by atoms with van der Waals surface area (Å²) >= 11 is 0. The predicted molar refractivity (Wildman–Crippen MR) is 86.9 cm³/mol. The molecule has 0 bridgehead atoms. The minimum absolute atomic E-state index is 0. The first-order valence-electron chi connectivity index (χ1n) is 8.80. The van der Waals surface area contributed by atoms with Gasteiger partial charge in [-0.05, 0) is 0 Å². The van der Waals surface area contributed by atoms with E-state index in [9.17, 15) is 4.79 Å². The van der Waals surface area contributed by atoms with Gasteiger partial charge in [0.2, 0.25) is 0 Å². The number of carbonyl (C=O) groups is 1. The van der Waals surface area contributed by atoms with Crippen LogP contribution >= 0.6 is 0 Å². The van der Waals surface area contributed by atoms with Gasteiger partial charge >= 0.3 is 0 Å². The molecule has 1 N–H and O–H groups in total. The van der Waals surface area contributed by atoms with Crippen molar-refractivity contribution in [3.8, 4) is 0 Å². The largest absolute Gasteiger partial charge is 0.483 e. The van der Waals surface area contributed by atoms with Gasteiger partial charge in [0, 0.05) is 35.6 Å². The van der Waals surface area contributed by atoms with Crippen molar-refractivity contribution in [3.05, 3.63) is 6.42 Å². The SMILES string of the molecule is CCCCCCCCCCCCCCC[CH-]CC(=O)O.[La]. The number of aliphatic carboxylic acids is 1. The van der Waals surface area contributed by atoms with Crippen LogP contribution in [-0.2, 0) is 4.79 Å². The standard InChI is InChI=1S/C18H35O2.La/c1-2-3-4-5-6-7-8-9-10-11-12-13-14-15-16-17-18(19)20;/h16H,2-15,17H2,1H3,(H,19,20);/q-1;. The minimum atomic E-state index is -0.709. The average molecular weight is 422 g/mol. The maximum absolute atomic E-state index is 10.3. The Kier molecular flexibility index (Phi) is 23.5. The van der Waals surface area contributed by atoms with Gasteiger partial charge < -0.3 is 11.5 Å². The molecule has 21 heavy (non-hydrogen) atoms. The molecule has 0 aromatic heterocycles. The van der Waals surface area contributed by atoms with E-state index >= 15 is 0 Å². The van der Waals surface area contributed by atoms with Crippen molar-refractivity contribution < 1.29 is 45.5 Å². The molecule has 0 spiro atoms. The topological polar surface area (TPSA) is 37.3 Å². The van der Waals surface area contributed by atoms with E-state index in [1.165, 1.54) is 77.0 Å². The second kappa shape index (κ2) is 20.7. The zero-order valence-electron chi connectivity index (χ0n) is 14.1. The van der Waals surface area contributed by atoms with Crippen LogP contribution in [0.25, 0.3) is 0 Å². The number of rotatable bonds is 16. The molecule has 0 unspecified atom stereocenters. The Morgan fingerprint density at radius 3 is 1.52 bits per heavy atom. The minimum Gasteiger partial charge on any atom is -0.483 e. The zero-order chi connectivity index (χ0) is 14.9. The van der Waals surface area contributed by atoms with Crippen molar-refractivity contribution in [2.45, 2.75) is 103 Å². The molecule has 0 heterocycles. The van der Waals surface area contributed by atoms with Gasteiger partial charge in [-0.3, -0.25) is 4.79 Å². The molecule has 0 aliphatic carbocycles. The van der Waals surface area contributed by atoms with E-state index in [1.54, 1.807) is 0 Å². The average Bonchev–Trinajstić information content (AvgIpc) is 2.43. The Bertz CT molecular complexity index is 207.